The third-order valence-electron chi connectivity index (χ3n) is 4.91. The fourth-order valence-electron chi connectivity index (χ4n) is 3.30. The maximum Gasteiger partial charge on any atom is 0.248 e. The van der Waals surface area contributed by atoms with E-state index in [4.69, 9.17) is 9.47 Å². The first-order valence-electron chi connectivity index (χ1n) is 10.3. The lowest BCUT2D eigenvalue weighted by molar-refractivity contribution is -0.118. The van der Waals surface area contributed by atoms with E-state index in [1.165, 1.54) is 21.8 Å². The maximum absolute atomic E-state index is 12.6. The van der Waals surface area contributed by atoms with Crippen LogP contribution in [0.3, 0.4) is 0 Å². The van der Waals surface area contributed by atoms with Gasteiger partial charge in [0.05, 0.1) is 10.2 Å². The Labute approximate surface area is 194 Å². The van der Waals surface area contributed by atoms with Crippen molar-refractivity contribution in [2.45, 2.75) is 31.2 Å². The molecule has 5 nitrogen and oxygen atoms in total. The SMILES string of the molecule is CSCCn1c(=NC(=O)CCCSc2ccc(C)cc2)sc2cc3c(cc21)OCCO3. The highest BCUT2D eigenvalue weighted by Gasteiger charge is 2.16. The fourth-order valence-corrected chi connectivity index (χ4v) is 5.60. The summed E-state index contributed by atoms with van der Waals surface area (Å²) in [5.74, 6) is 3.33. The minimum atomic E-state index is -0.0637. The van der Waals surface area contributed by atoms with Gasteiger partial charge in [-0.15, -0.1) is 11.8 Å². The Balaban J connectivity index is 1.48. The molecule has 1 aliphatic heterocycles. The number of carbonyl (C=O) groups is 1. The molecule has 1 aromatic heterocycles. The van der Waals surface area contributed by atoms with Crippen molar-refractivity contribution in [2.24, 2.45) is 4.99 Å². The number of hydrogen-bond donors (Lipinski definition) is 0. The molecular weight excluding hydrogens is 448 g/mol. The Morgan fingerprint density at radius 1 is 1.13 bits per heavy atom. The number of hydrogen-bond acceptors (Lipinski definition) is 6. The van der Waals surface area contributed by atoms with Crippen LogP contribution in [0, 0.1) is 6.92 Å². The van der Waals surface area contributed by atoms with Crippen LogP contribution in [0.5, 0.6) is 11.5 Å². The van der Waals surface area contributed by atoms with E-state index in [0.717, 1.165) is 51.0 Å². The number of thioether (sulfide) groups is 2. The zero-order valence-corrected chi connectivity index (χ0v) is 20.2. The van der Waals surface area contributed by atoms with Crippen molar-refractivity contribution in [1.29, 1.82) is 0 Å². The second kappa shape index (κ2) is 10.6. The predicted octanol–water partition coefficient (Wildman–Crippen LogP) is 5.15. The first-order chi connectivity index (χ1) is 15.1. The van der Waals surface area contributed by atoms with Crippen molar-refractivity contribution in [1.82, 2.24) is 4.57 Å². The minimum absolute atomic E-state index is 0.0637. The van der Waals surface area contributed by atoms with Gasteiger partial charge in [0.15, 0.2) is 16.3 Å². The third-order valence-corrected chi connectivity index (χ3v) is 7.64. The summed E-state index contributed by atoms with van der Waals surface area (Å²) in [5.41, 5.74) is 2.31. The number of aryl methyl sites for hydroxylation is 2. The van der Waals surface area contributed by atoms with Crippen LogP contribution >= 0.6 is 34.9 Å². The van der Waals surface area contributed by atoms with E-state index in [2.05, 4.69) is 47.0 Å². The zero-order valence-electron chi connectivity index (χ0n) is 17.8. The average molecular weight is 475 g/mol. The summed E-state index contributed by atoms with van der Waals surface area (Å²) in [6, 6.07) is 12.5. The van der Waals surface area contributed by atoms with Gasteiger partial charge in [0.2, 0.25) is 5.91 Å². The second-order valence-electron chi connectivity index (χ2n) is 7.26. The molecule has 0 fully saturated rings. The normalized spacial score (nSPS) is 13.7. The number of rotatable bonds is 8. The highest BCUT2D eigenvalue weighted by atomic mass is 32.2. The van der Waals surface area contributed by atoms with E-state index in [1.807, 2.05) is 12.1 Å². The lowest BCUT2D eigenvalue weighted by Crippen LogP contribution is -2.18. The van der Waals surface area contributed by atoms with Crippen LogP contribution in [0.15, 0.2) is 46.3 Å². The topological polar surface area (TPSA) is 52.8 Å². The highest BCUT2D eigenvalue weighted by molar-refractivity contribution is 7.99. The third kappa shape index (κ3) is 5.67. The summed E-state index contributed by atoms with van der Waals surface area (Å²) in [7, 11) is 0. The number of carbonyl (C=O) groups excluding carboxylic acids is 1. The van der Waals surface area contributed by atoms with Gasteiger partial charge in [-0.25, -0.2) is 0 Å². The van der Waals surface area contributed by atoms with Crippen LogP contribution in [0.1, 0.15) is 18.4 Å². The molecule has 2 heterocycles. The van der Waals surface area contributed by atoms with Gasteiger partial charge in [0.1, 0.15) is 13.2 Å². The largest absolute Gasteiger partial charge is 0.486 e. The summed E-state index contributed by atoms with van der Waals surface area (Å²) >= 11 is 5.10. The molecule has 0 radical (unpaired) electrons. The monoisotopic (exact) mass is 474 g/mol. The molecule has 0 bridgehead atoms. The molecule has 1 amide bonds. The number of ether oxygens (including phenoxy) is 2. The molecule has 0 aliphatic carbocycles. The van der Waals surface area contributed by atoms with Crippen LogP contribution in [-0.2, 0) is 11.3 Å². The number of benzene rings is 2. The van der Waals surface area contributed by atoms with Gasteiger partial charge in [-0.1, -0.05) is 29.0 Å². The molecule has 1 aliphatic rings. The molecule has 4 rings (SSSR count). The molecule has 2 aromatic carbocycles. The Bertz CT molecular complexity index is 1120. The first-order valence-corrected chi connectivity index (χ1v) is 13.5. The molecule has 0 saturated carbocycles. The van der Waals surface area contributed by atoms with Crippen molar-refractivity contribution in [3.05, 3.63) is 46.8 Å². The first kappa shape index (κ1) is 22.3. The van der Waals surface area contributed by atoms with Crippen LogP contribution in [0.2, 0.25) is 0 Å². The van der Waals surface area contributed by atoms with Gasteiger partial charge in [-0.3, -0.25) is 4.79 Å². The summed E-state index contributed by atoms with van der Waals surface area (Å²) in [5, 5.41) is 0. The molecule has 0 spiro atoms. The number of nitrogens with zero attached hydrogens (tertiary/aromatic N) is 2. The van der Waals surface area contributed by atoms with Crippen LogP contribution < -0.4 is 14.3 Å². The maximum atomic E-state index is 12.6. The van der Waals surface area contributed by atoms with Crippen LogP contribution in [-0.4, -0.2) is 41.4 Å². The molecule has 3 aromatic rings. The summed E-state index contributed by atoms with van der Waals surface area (Å²) in [6.45, 7) is 4.01. The van der Waals surface area contributed by atoms with Gasteiger partial charge < -0.3 is 14.0 Å². The number of thiazole rings is 1. The summed E-state index contributed by atoms with van der Waals surface area (Å²) < 4.78 is 14.7. The molecule has 0 atom stereocenters. The summed E-state index contributed by atoms with van der Waals surface area (Å²) in [4.78, 5) is 19.1. The van der Waals surface area contributed by atoms with E-state index in [0.29, 0.717) is 19.6 Å². The Morgan fingerprint density at radius 3 is 2.61 bits per heavy atom. The van der Waals surface area contributed by atoms with Crippen molar-refractivity contribution in [3.8, 4) is 11.5 Å². The Kier molecular flexibility index (Phi) is 7.63. The standard InChI is InChI=1S/C23H26N2O3S3/c1-16-5-7-17(8-6-16)30-12-3-4-22(26)24-23-25(9-13-29-2)18-14-19-20(15-21(18)31-23)28-11-10-27-19/h5-8,14-15H,3-4,9-13H2,1-2H3. The number of aromatic nitrogens is 1. The molecule has 8 heteroatoms. The van der Waals surface area contributed by atoms with Crippen molar-refractivity contribution in [2.75, 3.05) is 31.0 Å². The van der Waals surface area contributed by atoms with E-state index in [1.54, 1.807) is 23.5 Å². The molecular formula is C23H26N2O3S3. The van der Waals surface area contributed by atoms with Gasteiger partial charge in [-0.2, -0.15) is 16.8 Å². The zero-order chi connectivity index (χ0) is 21.6. The molecule has 164 valence electrons. The molecule has 0 N–H and O–H groups in total. The van der Waals surface area contributed by atoms with E-state index in [9.17, 15) is 4.79 Å². The average Bonchev–Trinajstić information content (AvgIpc) is 3.10. The van der Waals surface area contributed by atoms with E-state index < -0.39 is 0 Å². The van der Waals surface area contributed by atoms with Crippen molar-refractivity contribution < 1.29 is 14.3 Å². The Hall–Kier alpha value is -1.90. The quantitative estimate of drug-likeness (QED) is 0.334. The fraction of sp³-hybridized carbons (Fsp3) is 0.391. The van der Waals surface area contributed by atoms with E-state index in [-0.39, 0.29) is 5.91 Å². The number of amides is 1. The van der Waals surface area contributed by atoms with Gasteiger partial charge in [-0.05, 0) is 37.5 Å². The Morgan fingerprint density at radius 2 is 1.87 bits per heavy atom. The lowest BCUT2D eigenvalue weighted by atomic mass is 10.2. The number of fused-ring (bicyclic) bond motifs is 2. The van der Waals surface area contributed by atoms with Crippen molar-refractivity contribution >= 4 is 51.0 Å². The van der Waals surface area contributed by atoms with E-state index >= 15 is 0 Å². The smallest absolute Gasteiger partial charge is 0.248 e. The van der Waals surface area contributed by atoms with Crippen LogP contribution in [0.4, 0.5) is 0 Å². The van der Waals surface area contributed by atoms with Gasteiger partial charge >= 0.3 is 0 Å². The minimum Gasteiger partial charge on any atom is -0.486 e. The molecule has 0 unspecified atom stereocenters. The van der Waals surface area contributed by atoms with Crippen molar-refractivity contribution in [3.63, 3.8) is 0 Å². The molecule has 31 heavy (non-hydrogen) atoms. The molecule has 0 saturated heterocycles. The van der Waals surface area contributed by atoms with Crippen LogP contribution in [0.25, 0.3) is 10.2 Å². The summed E-state index contributed by atoms with van der Waals surface area (Å²) in [6.07, 6.45) is 3.35. The predicted molar refractivity (Wildman–Crippen MR) is 131 cm³/mol. The lowest BCUT2D eigenvalue weighted by Gasteiger charge is -2.18. The second-order valence-corrected chi connectivity index (χ2v) is 10.4. The van der Waals surface area contributed by atoms with Gasteiger partial charge in [0, 0.05) is 35.7 Å². The van der Waals surface area contributed by atoms with Gasteiger partial charge in [0.25, 0.3) is 0 Å². The highest BCUT2D eigenvalue weighted by Crippen LogP contribution is 2.35.